The van der Waals surface area contributed by atoms with Gasteiger partial charge in [0.1, 0.15) is 0 Å². The van der Waals surface area contributed by atoms with E-state index in [1.165, 1.54) is 0 Å². The van der Waals surface area contributed by atoms with Crippen molar-refractivity contribution in [1.82, 2.24) is 4.72 Å². The number of ether oxygens (including phenoxy) is 1. The molecule has 7 nitrogen and oxygen atoms in total. The highest BCUT2D eigenvalue weighted by atomic mass is 32.2. The predicted octanol–water partition coefficient (Wildman–Crippen LogP) is 7.75. The molecular formula is C30H52NO6PS. The van der Waals surface area contributed by atoms with Gasteiger partial charge in [0.05, 0.1) is 35.5 Å². The minimum Gasteiger partial charge on any atom is -0.466 e. The first kappa shape index (κ1) is 34.0. The molecule has 1 aromatic rings. The average Bonchev–Trinajstić information content (AvgIpc) is 3.33. The van der Waals surface area contributed by atoms with Crippen molar-refractivity contribution >= 4 is 23.4 Å². The van der Waals surface area contributed by atoms with Gasteiger partial charge in [-0.3, -0.25) is 9.36 Å². The van der Waals surface area contributed by atoms with Crippen molar-refractivity contribution in [2.24, 2.45) is 11.8 Å². The van der Waals surface area contributed by atoms with Gasteiger partial charge in [0, 0.05) is 0 Å². The summed E-state index contributed by atoms with van der Waals surface area (Å²) in [5.74, 6) is -1.66. The molecule has 2 rings (SSSR count). The van der Waals surface area contributed by atoms with Crippen LogP contribution < -0.4 is 4.72 Å². The number of rotatable bonds is 14. The Bertz CT molecular complexity index is 1100. The Morgan fingerprint density at radius 2 is 1.51 bits per heavy atom. The van der Waals surface area contributed by atoms with Gasteiger partial charge < -0.3 is 9.26 Å². The summed E-state index contributed by atoms with van der Waals surface area (Å²) in [6.45, 7) is 20.1. The van der Waals surface area contributed by atoms with Crippen molar-refractivity contribution in [3.63, 3.8) is 0 Å². The normalized spacial score (nSPS) is 20.7. The number of nitrogens with one attached hydrogen (secondary N) is 1. The third kappa shape index (κ3) is 7.96. The summed E-state index contributed by atoms with van der Waals surface area (Å²) in [7, 11) is -7.77. The Hall–Kier alpha value is -1.21. The fourth-order valence-corrected chi connectivity index (χ4v) is 11.7. The minimum absolute atomic E-state index is 0.0296. The maximum atomic E-state index is 14.9. The number of carbonyl (C=O) groups is 1. The van der Waals surface area contributed by atoms with Crippen molar-refractivity contribution in [2.45, 2.75) is 129 Å². The van der Waals surface area contributed by atoms with Crippen LogP contribution in [0.1, 0.15) is 129 Å². The zero-order valence-corrected chi connectivity index (χ0v) is 27.5. The maximum Gasteiger partial charge on any atom is 0.309 e. The monoisotopic (exact) mass is 585 g/mol. The van der Waals surface area contributed by atoms with Crippen molar-refractivity contribution in [3.05, 3.63) is 28.8 Å². The Labute approximate surface area is 237 Å². The van der Waals surface area contributed by atoms with Crippen LogP contribution >= 0.6 is 7.37 Å². The van der Waals surface area contributed by atoms with E-state index in [4.69, 9.17) is 9.26 Å². The third-order valence-corrected chi connectivity index (χ3v) is 12.8. The average molecular weight is 586 g/mol. The molecule has 0 bridgehead atoms. The molecule has 224 valence electrons. The summed E-state index contributed by atoms with van der Waals surface area (Å²) in [5.41, 5.74) is 2.04. The van der Waals surface area contributed by atoms with Crippen LogP contribution in [0.25, 0.3) is 0 Å². The molecule has 1 aromatic carbocycles. The smallest absolute Gasteiger partial charge is 0.309 e. The van der Waals surface area contributed by atoms with Gasteiger partial charge >= 0.3 is 5.97 Å². The fraction of sp³-hybridized carbons (Fsp3) is 0.767. The van der Waals surface area contributed by atoms with Crippen LogP contribution in [0.2, 0.25) is 0 Å². The summed E-state index contributed by atoms with van der Waals surface area (Å²) >= 11 is 0. The summed E-state index contributed by atoms with van der Waals surface area (Å²) in [4.78, 5) is 13.1. The molecule has 1 aliphatic carbocycles. The summed E-state index contributed by atoms with van der Waals surface area (Å²) in [6.07, 6.45) is 2.15. The van der Waals surface area contributed by atoms with E-state index in [0.717, 1.165) is 23.1 Å². The highest BCUT2D eigenvalue weighted by molar-refractivity contribution is 7.90. The van der Waals surface area contributed by atoms with E-state index in [-0.39, 0.29) is 47.8 Å². The van der Waals surface area contributed by atoms with E-state index < -0.39 is 34.8 Å². The van der Waals surface area contributed by atoms with Crippen molar-refractivity contribution < 1.29 is 27.0 Å². The number of esters is 1. The molecule has 0 spiro atoms. The lowest BCUT2D eigenvalue weighted by atomic mass is 9.89. The molecule has 39 heavy (non-hydrogen) atoms. The van der Waals surface area contributed by atoms with Gasteiger partial charge in [-0.1, -0.05) is 73.9 Å². The van der Waals surface area contributed by atoms with Gasteiger partial charge in [0.25, 0.3) is 0 Å². The molecule has 4 atom stereocenters. The SMILES string of the molecule is CCOC(=O)[C@@H]1CCC[C@H]1[P@@](=O)(OCC)[C@H](CC(C)C)NS(=O)(=O)c1c(C(C)C)cc(C(C)C)cc1C(C)C. The number of benzene rings is 1. The lowest BCUT2D eigenvalue weighted by Crippen LogP contribution is -2.41. The molecule has 1 saturated carbocycles. The molecular weight excluding hydrogens is 533 g/mol. The predicted molar refractivity (Wildman–Crippen MR) is 159 cm³/mol. The van der Waals surface area contributed by atoms with Crippen molar-refractivity contribution in [3.8, 4) is 0 Å². The van der Waals surface area contributed by atoms with Crippen LogP contribution in [0.15, 0.2) is 17.0 Å². The Balaban J connectivity index is 2.71. The zero-order valence-electron chi connectivity index (χ0n) is 25.7. The number of carbonyl (C=O) groups excluding carboxylic acids is 1. The van der Waals surface area contributed by atoms with Crippen LogP contribution in [0.4, 0.5) is 0 Å². The van der Waals surface area contributed by atoms with Crippen LogP contribution in [0.3, 0.4) is 0 Å². The molecule has 0 unspecified atom stereocenters. The molecule has 0 aromatic heterocycles. The van der Waals surface area contributed by atoms with Crippen molar-refractivity contribution in [1.29, 1.82) is 0 Å². The molecule has 0 radical (unpaired) electrons. The second kappa shape index (κ2) is 14.1. The van der Waals surface area contributed by atoms with Crippen LogP contribution in [-0.4, -0.2) is 39.0 Å². The summed E-state index contributed by atoms with van der Waals surface area (Å²) in [6, 6.07) is 4.01. The van der Waals surface area contributed by atoms with E-state index >= 15 is 0 Å². The molecule has 1 N–H and O–H groups in total. The highest BCUT2D eigenvalue weighted by Crippen LogP contribution is 2.63. The molecule has 0 aliphatic heterocycles. The van der Waals surface area contributed by atoms with E-state index in [2.05, 4.69) is 18.6 Å². The van der Waals surface area contributed by atoms with Gasteiger partial charge in [-0.25, -0.2) is 8.42 Å². The maximum absolute atomic E-state index is 14.9. The van der Waals surface area contributed by atoms with E-state index in [0.29, 0.717) is 19.3 Å². The molecule has 1 aliphatic rings. The largest absolute Gasteiger partial charge is 0.466 e. The first-order valence-corrected chi connectivity index (χ1v) is 18.0. The van der Waals surface area contributed by atoms with E-state index in [9.17, 15) is 17.8 Å². The highest BCUT2D eigenvalue weighted by Gasteiger charge is 2.51. The van der Waals surface area contributed by atoms with E-state index in [1.54, 1.807) is 13.8 Å². The zero-order chi connectivity index (χ0) is 29.7. The van der Waals surface area contributed by atoms with Gasteiger partial charge in [-0.2, -0.15) is 4.72 Å². The minimum atomic E-state index is -4.10. The second-order valence-corrected chi connectivity index (χ2v) is 16.7. The molecule has 0 amide bonds. The second-order valence-electron chi connectivity index (χ2n) is 12.2. The van der Waals surface area contributed by atoms with Gasteiger partial charge in [0.2, 0.25) is 17.4 Å². The quantitative estimate of drug-likeness (QED) is 0.177. The number of hydrogen-bond acceptors (Lipinski definition) is 6. The first-order valence-electron chi connectivity index (χ1n) is 14.7. The fourth-order valence-electron chi connectivity index (χ4n) is 5.67. The lowest BCUT2D eigenvalue weighted by molar-refractivity contribution is -0.147. The van der Waals surface area contributed by atoms with E-state index in [1.807, 2.05) is 53.7 Å². The van der Waals surface area contributed by atoms with Gasteiger partial charge in [-0.05, 0) is 73.5 Å². The Morgan fingerprint density at radius 3 is 1.95 bits per heavy atom. The van der Waals surface area contributed by atoms with Crippen LogP contribution in [0, 0.1) is 11.8 Å². The summed E-state index contributed by atoms with van der Waals surface area (Å²) in [5, 5.41) is 0. The molecule has 0 heterocycles. The summed E-state index contributed by atoms with van der Waals surface area (Å²) < 4.78 is 57.9. The first-order chi connectivity index (χ1) is 18.1. The standard InChI is InChI=1S/C30H52NO6PS/c1-11-36-30(32)24-14-13-15-27(24)38(33,37-12-2)28(16-19(3)4)31-39(34,35)29-25(21(7)8)17-23(20(5)6)18-26(29)22(9)10/h17-22,24,27-28,31H,11-16H2,1-10H3/t24-,27-,28-,38-/m1/s1. The lowest BCUT2D eigenvalue weighted by Gasteiger charge is -2.35. The number of hydrogen-bond donors (Lipinski definition) is 1. The Morgan fingerprint density at radius 1 is 0.949 bits per heavy atom. The molecule has 9 heteroatoms. The third-order valence-electron chi connectivity index (χ3n) is 7.63. The van der Waals surface area contributed by atoms with Crippen LogP contribution in [-0.2, 0) is 28.6 Å². The number of sulfonamides is 1. The van der Waals surface area contributed by atoms with Gasteiger partial charge in [0.15, 0.2) is 0 Å². The molecule has 1 fully saturated rings. The Kier molecular flexibility index (Phi) is 12.3. The van der Waals surface area contributed by atoms with Crippen molar-refractivity contribution in [2.75, 3.05) is 13.2 Å². The van der Waals surface area contributed by atoms with Gasteiger partial charge in [-0.15, -0.1) is 0 Å². The molecule has 0 saturated heterocycles. The van der Waals surface area contributed by atoms with Crippen LogP contribution in [0.5, 0.6) is 0 Å². The topological polar surface area (TPSA) is 98.8 Å².